The molecule has 160 valence electrons. The summed E-state index contributed by atoms with van der Waals surface area (Å²) in [5.74, 6) is -3.92. The molecule has 8 heteroatoms. The number of aryl methyl sites for hydroxylation is 1. The van der Waals surface area contributed by atoms with Gasteiger partial charge in [-0.1, -0.05) is 6.07 Å². The summed E-state index contributed by atoms with van der Waals surface area (Å²) >= 11 is 0. The number of ketones is 1. The minimum absolute atomic E-state index is 0.139. The zero-order chi connectivity index (χ0) is 22.8. The van der Waals surface area contributed by atoms with E-state index in [2.05, 4.69) is 15.6 Å². The zero-order valence-electron chi connectivity index (χ0n) is 16.7. The fourth-order valence-electron chi connectivity index (χ4n) is 3.22. The number of aromatic nitrogens is 1. The van der Waals surface area contributed by atoms with Gasteiger partial charge in [0.1, 0.15) is 5.82 Å². The predicted molar refractivity (Wildman–Crippen MR) is 115 cm³/mol. The highest BCUT2D eigenvalue weighted by Crippen LogP contribution is 2.24. The third-order valence-corrected chi connectivity index (χ3v) is 4.69. The molecule has 1 aromatic heterocycles. The van der Waals surface area contributed by atoms with E-state index in [1.165, 1.54) is 24.3 Å². The number of hydrogen-bond acceptors (Lipinski definition) is 3. The Morgan fingerprint density at radius 1 is 0.875 bits per heavy atom. The molecular weight excluding hydrogens is 419 g/mol. The number of rotatable bonds is 4. The molecule has 0 bridgehead atoms. The largest absolute Gasteiger partial charge is 0.323 e. The molecule has 3 aromatic carbocycles. The van der Waals surface area contributed by atoms with E-state index >= 15 is 0 Å². The maximum absolute atomic E-state index is 14.4. The summed E-state index contributed by atoms with van der Waals surface area (Å²) in [4.78, 5) is 29.3. The number of urea groups is 1. The van der Waals surface area contributed by atoms with Crippen LogP contribution in [-0.4, -0.2) is 16.8 Å². The molecule has 5 nitrogen and oxygen atoms in total. The van der Waals surface area contributed by atoms with Gasteiger partial charge >= 0.3 is 6.03 Å². The summed E-state index contributed by atoms with van der Waals surface area (Å²) < 4.78 is 41.9. The Morgan fingerprint density at radius 3 is 2.44 bits per heavy atom. The van der Waals surface area contributed by atoms with Crippen molar-refractivity contribution in [1.29, 1.82) is 0 Å². The molecule has 0 radical (unpaired) electrons. The number of anilines is 2. The van der Waals surface area contributed by atoms with Gasteiger partial charge in [0, 0.05) is 34.6 Å². The lowest BCUT2D eigenvalue weighted by Crippen LogP contribution is -2.20. The zero-order valence-corrected chi connectivity index (χ0v) is 16.7. The first-order valence-electron chi connectivity index (χ1n) is 9.54. The number of nitrogens with zero attached hydrogens (tertiary/aromatic N) is 1. The highest BCUT2D eigenvalue weighted by Gasteiger charge is 2.20. The van der Waals surface area contributed by atoms with Gasteiger partial charge in [-0.25, -0.2) is 18.0 Å². The average molecular weight is 435 g/mol. The lowest BCUT2D eigenvalue weighted by atomic mass is 10.00. The first-order chi connectivity index (χ1) is 15.3. The molecule has 2 N–H and O–H groups in total. The monoisotopic (exact) mass is 435 g/mol. The van der Waals surface area contributed by atoms with Gasteiger partial charge in [-0.05, 0) is 61.0 Å². The van der Waals surface area contributed by atoms with E-state index in [-0.39, 0.29) is 16.9 Å². The van der Waals surface area contributed by atoms with Crippen LogP contribution in [0.2, 0.25) is 0 Å². The third-order valence-electron chi connectivity index (χ3n) is 4.69. The second-order valence-electron chi connectivity index (χ2n) is 7.16. The van der Waals surface area contributed by atoms with E-state index < -0.39 is 34.8 Å². The Kier molecular flexibility index (Phi) is 5.59. The normalized spacial score (nSPS) is 10.8. The number of amides is 2. The molecule has 0 saturated heterocycles. The average Bonchev–Trinajstić information content (AvgIpc) is 2.75. The molecule has 0 atom stereocenters. The van der Waals surface area contributed by atoms with Gasteiger partial charge in [0.25, 0.3) is 0 Å². The number of halogens is 3. The quantitative estimate of drug-likeness (QED) is 0.396. The smallest absolute Gasteiger partial charge is 0.308 e. The summed E-state index contributed by atoms with van der Waals surface area (Å²) in [6.07, 6.45) is 1.68. The minimum Gasteiger partial charge on any atom is -0.308 e. The molecule has 4 aromatic rings. The summed E-state index contributed by atoms with van der Waals surface area (Å²) in [7, 11) is 0. The molecule has 0 spiro atoms. The lowest BCUT2D eigenvalue weighted by molar-refractivity contribution is 0.103. The van der Waals surface area contributed by atoms with Crippen molar-refractivity contribution in [1.82, 2.24) is 4.98 Å². The maximum atomic E-state index is 14.4. The second kappa shape index (κ2) is 8.50. The standard InChI is InChI=1S/C24H16F3N3O2/c1-13-7-15-8-14(5-6-21(15)28-12-13)23(31)19-10-18(11-20(26)22(19)27)30-24(32)29-17-4-2-3-16(25)9-17/h2-12H,1H3,(H2,29,30,32). The Morgan fingerprint density at radius 2 is 1.66 bits per heavy atom. The van der Waals surface area contributed by atoms with E-state index in [0.717, 1.165) is 23.8 Å². The van der Waals surface area contributed by atoms with Crippen LogP contribution < -0.4 is 10.6 Å². The van der Waals surface area contributed by atoms with Gasteiger partial charge < -0.3 is 10.6 Å². The highest BCUT2D eigenvalue weighted by molar-refractivity contribution is 6.11. The topological polar surface area (TPSA) is 71.1 Å². The van der Waals surface area contributed by atoms with E-state index in [9.17, 15) is 22.8 Å². The van der Waals surface area contributed by atoms with E-state index in [4.69, 9.17) is 0 Å². The van der Waals surface area contributed by atoms with Crippen LogP contribution in [0, 0.1) is 24.4 Å². The second-order valence-corrected chi connectivity index (χ2v) is 7.16. The highest BCUT2D eigenvalue weighted by atomic mass is 19.2. The van der Waals surface area contributed by atoms with Crippen molar-refractivity contribution >= 4 is 34.1 Å². The third kappa shape index (κ3) is 4.44. The maximum Gasteiger partial charge on any atom is 0.323 e. The summed E-state index contributed by atoms with van der Waals surface area (Å²) in [6, 6.07) is 12.6. The minimum atomic E-state index is -1.33. The molecule has 0 unspecified atom stereocenters. The van der Waals surface area contributed by atoms with Crippen molar-refractivity contribution in [3.05, 3.63) is 101 Å². The van der Waals surface area contributed by atoms with Crippen LogP contribution in [0.5, 0.6) is 0 Å². The van der Waals surface area contributed by atoms with Gasteiger partial charge in [0.15, 0.2) is 17.4 Å². The van der Waals surface area contributed by atoms with Crippen LogP contribution >= 0.6 is 0 Å². The fraction of sp³-hybridized carbons (Fsp3) is 0.0417. The number of pyridine rings is 1. The fourth-order valence-corrected chi connectivity index (χ4v) is 3.22. The first-order valence-corrected chi connectivity index (χ1v) is 9.54. The molecule has 32 heavy (non-hydrogen) atoms. The van der Waals surface area contributed by atoms with E-state index in [1.807, 2.05) is 13.0 Å². The number of fused-ring (bicyclic) bond motifs is 1. The van der Waals surface area contributed by atoms with Gasteiger partial charge in [0.05, 0.1) is 11.1 Å². The first kappa shape index (κ1) is 21.0. The number of nitrogens with one attached hydrogen (secondary N) is 2. The van der Waals surface area contributed by atoms with Crippen molar-refractivity contribution in [3.8, 4) is 0 Å². The summed E-state index contributed by atoms with van der Waals surface area (Å²) in [5, 5.41) is 5.37. The molecule has 1 heterocycles. The molecule has 0 aliphatic heterocycles. The van der Waals surface area contributed by atoms with Crippen LogP contribution in [0.3, 0.4) is 0 Å². The Hall–Kier alpha value is -4.20. The van der Waals surface area contributed by atoms with Crippen LogP contribution in [0.25, 0.3) is 10.9 Å². The van der Waals surface area contributed by atoms with Gasteiger partial charge in [0.2, 0.25) is 0 Å². The molecule has 2 amide bonds. The van der Waals surface area contributed by atoms with Crippen LogP contribution in [0.4, 0.5) is 29.3 Å². The summed E-state index contributed by atoms with van der Waals surface area (Å²) in [6.45, 7) is 1.85. The molecule has 0 saturated carbocycles. The molecule has 0 fully saturated rings. The number of hydrogen-bond donors (Lipinski definition) is 2. The van der Waals surface area contributed by atoms with Crippen LogP contribution in [-0.2, 0) is 0 Å². The predicted octanol–water partition coefficient (Wildman–Crippen LogP) is 5.84. The Balaban J connectivity index is 1.62. The SMILES string of the molecule is Cc1cnc2ccc(C(=O)c3cc(NC(=O)Nc4cccc(F)c4)cc(F)c3F)cc2c1. The number of benzene rings is 3. The van der Waals surface area contributed by atoms with Gasteiger partial charge in [-0.15, -0.1) is 0 Å². The molecule has 4 rings (SSSR count). The van der Waals surface area contributed by atoms with E-state index in [1.54, 1.807) is 18.3 Å². The summed E-state index contributed by atoms with van der Waals surface area (Å²) in [5.41, 5.74) is 1.18. The van der Waals surface area contributed by atoms with E-state index in [0.29, 0.717) is 10.9 Å². The number of carbonyl (C=O) groups is 2. The van der Waals surface area contributed by atoms with Crippen LogP contribution in [0.15, 0.2) is 66.9 Å². The lowest BCUT2D eigenvalue weighted by Gasteiger charge is -2.11. The van der Waals surface area contributed by atoms with Crippen molar-refractivity contribution in [2.24, 2.45) is 0 Å². The van der Waals surface area contributed by atoms with Crippen molar-refractivity contribution in [3.63, 3.8) is 0 Å². The number of carbonyl (C=O) groups excluding carboxylic acids is 2. The van der Waals surface area contributed by atoms with Crippen molar-refractivity contribution in [2.45, 2.75) is 6.92 Å². The van der Waals surface area contributed by atoms with Gasteiger partial charge in [-0.3, -0.25) is 9.78 Å². The molecular formula is C24H16F3N3O2. The Labute approximate surface area is 180 Å². The van der Waals surface area contributed by atoms with Crippen molar-refractivity contribution < 1.29 is 22.8 Å². The van der Waals surface area contributed by atoms with Crippen molar-refractivity contribution in [2.75, 3.05) is 10.6 Å². The van der Waals surface area contributed by atoms with Crippen LogP contribution in [0.1, 0.15) is 21.5 Å². The molecule has 0 aliphatic carbocycles. The van der Waals surface area contributed by atoms with Gasteiger partial charge in [-0.2, -0.15) is 0 Å². The Bertz CT molecular complexity index is 1370. The molecule has 0 aliphatic rings.